The van der Waals surface area contributed by atoms with E-state index in [2.05, 4.69) is 5.32 Å². The van der Waals surface area contributed by atoms with Gasteiger partial charge in [-0.1, -0.05) is 6.07 Å². The van der Waals surface area contributed by atoms with Gasteiger partial charge in [0.1, 0.15) is 12.2 Å². The maximum atomic E-state index is 11.4. The number of aliphatic hydroxyl groups is 1. The van der Waals surface area contributed by atoms with Gasteiger partial charge in [0, 0.05) is 0 Å². The van der Waals surface area contributed by atoms with E-state index in [9.17, 15) is 4.79 Å². The maximum Gasteiger partial charge on any atom is 0.496 e. The van der Waals surface area contributed by atoms with Crippen LogP contribution in [0.1, 0.15) is 5.69 Å². The maximum absolute atomic E-state index is 11.4. The smallest absolute Gasteiger partial charge is 0.392 e. The zero-order valence-electron chi connectivity index (χ0n) is 7.53. The van der Waals surface area contributed by atoms with Crippen LogP contribution in [-0.2, 0) is 0 Å². The molecule has 0 spiro atoms. The van der Waals surface area contributed by atoms with Crippen molar-refractivity contribution in [2.75, 3.05) is 13.2 Å². The Morgan fingerprint density at radius 3 is 3.00 bits per heavy atom. The average Bonchev–Trinajstić information content (AvgIpc) is 2.15. The largest absolute Gasteiger partial charge is 0.496 e. The molecule has 0 aliphatic carbocycles. The monoisotopic (exact) mass is 181 g/mol. The molecule has 0 bridgehead atoms. The summed E-state index contributed by atoms with van der Waals surface area (Å²) < 4.78 is 1.50. The molecule has 0 saturated heterocycles. The van der Waals surface area contributed by atoms with Crippen LogP contribution in [0.3, 0.4) is 0 Å². The third-order valence-corrected chi connectivity index (χ3v) is 1.67. The fraction of sp³-hybridized carbons (Fsp3) is 0.333. The molecular formula is C9H13N2O2+. The molecule has 1 rings (SSSR count). The zero-order chi connectivity index (χ0) is 9.68. The van der Waals surface area contributed by atoms with Crippen LogP contribution < -0.4 is 9.88 Å². The molecular weight excluding hydrogens is 168 g/mol. The molecule has 4 heteroatoms. The number of carbonyl (C=O) groups is 1. The number of rotatable bonds is 2. The van der Waals surface area contributed by atoms with Gasteiger partial charge in [0.15, 0.2) is 0 Å². The predicted molar refractivity (Wildman–Crippen MR) is 47.3 cm³/mol. The van der Waals surface area contributed by atoms with Crippen LogP contribution in [0.2, 0.25) is 0 Å². The number of hydrogen-bond donors (Lipinski definition) is 2. The van der Waals surface area contributed by atoms with Crippen LogP contribution in [-0.4, -0.2) is 24.3 Å². The summed E-state index contributed by atoms with van der Waals surface area (Å²) in [4.78, 5) is 11.4. The van der Waals surface area contributed by atoms with Crippen LogP contribution in [0.5, 0.6) is 0 Å². The van der Waals surface area contributed by atoms with Gasteiger partial charge in [-0.2, -0.15) is 9.36 Å². The molecule has 2 N–H and O–H groups in total. The van der Waals surface area contributed by atoms with Crippen molar-refractivity contribution in [3.63, 3.8) is 0 Å². The van der Waals surface area contributed by atoms with E-state index in [-0.39, 0.29) is 19.2 Å². The Bertz CT molecular complexity index is 299. The number of aryl methyl sites for hydroxylation is 1. The SMILES string of the molecule is Cc1cccc[n+]1C(=O)NCCO. The Kier molecular flexibility index (Phi) is 3.40. The van der Waals surface area contributed by atoms with E-state index in [1.807, 2.05) is 19.1 Å². The minimum atomic E-state index is -0.216. The summed E-state index contributed by atoms with van der Waals surface area (Å²) in [6.07, 6.45) is 1.68. The minimum Gasteiger partial charge on any atom is -0.392 e. The van der Waals surface area contributed by atoms with E-state index in [1.54, 1.807) is 12.3 Å². The molecule has 13 heavy (non-hydrogen) atoms. The first-order valence-corrected chi connectivity index (χ1v) is 4.12. The van der Waals surface area contributed by atoms with Crippen LogP contribution in [0.25, 0.3) is 0 Å². The van der Waals surface area contributed by atoms with Gasteiger partial charge in [-0.3, -0.25) is 0 Å². The summed E-state index contributed by atoms with van der Waals surface area (Å²) in [5, 5.41) is 11.1. The molecule has 1 aromatic rings. The molecule has 0 saturated carbocycles. The van der Waals surface area contributed by atoms with E-state index < -0.39 is 0 Å². The lowest BCUT2D eigenvalue weighted by molar-refractivity contribution is -0.579. The number of carbonyl (C=O) groups excluding carboxylic acids is 1. The fourth-order valence-corrected chi connectivity index (χ4v) is 1.00. The Morgan fingerprint density at radius 1 is 1.62 bits per heavy atom. The number of aromatic nitrogens is 1. The van der Waals surface area contributed by atoms with Crippen molar-refractivity contribution in [3.05, 3.63) is 30.1 Å². The first-order valence-electron chi connectivity index (χ1n) is 4.12. The van der Waals surface area contributed by atoms with Crippen LogP contribution in [0, 0.1) is 6.92 Å². The van der Waals surface area contributed by atoms with Gasteiger partial charge in [0.2, 0.25) is 0 Å². The number of amides is 1. The molecule has 0 unspecified atom stereocenters. The predicted octanol–water partition coefficient (Wildman–Crippen LogP) is -0.167. The molecule has 1 aromatic heterocycles. The number of aliphatic hydroxyl groups excluding tert-OH is 1. The molecule has 0 aromatic carbocycles. The highest BCUT2D eigenvalue weighted by Gasteiger charge is 2.12. The highest BCUT2D eigenvalue weighted by molar-refractivity contribution is 5.64. The summed E-state index contributed by atoms with van der Waals surface area (Å²) in [6.45, 7) is 2.08. The van der Waals surface area contributed by atoms with Gasteiger partial charge in [-0.15, -0.1) is 0 Å². The van der Waals surface area contributed by atoms with Gasteiger partial charge < -0.3 is 5.11 Å². The first kappa shape index (κ1) is 9.67. The molecule has 0 aliphatic rings. The van der Waals surface area contributed by atoms with Crippen molar-refractivity contribution in [3.8, 4) is 0 Å². The zero-order valence-corrected chi connectivity index (χ0v) is 7.53. The Hall–Kier alpha value is -1.42. The lowest BCUT2D eigenvalue weighted by Crippen LogP contribution is -2.52. The summed E-state index contributed by atoms with van der Waals surface area (Å²) in [5.41, 5.74) is 0.859. The Balaban J connectivity index is 2.71. The first-order chi connectivity index (χ1) is 6.25. The van der Waals surface area contributed by atoms with E-state index >= 15 is 0 Å². The van der Waals surface area contributed by atoms with Crippen molar-refractivity contribution in [2.24, 2.45) is 0 Å². The summed E-state index contributed by atoms with van der Waals surface area (Å²) in [6, 6.07) is 5.28. The van der Waals surface area contributed by atoms with Gasteiger partial charge in [0.25, 0.3) is 0 Å². The molecule has 0 aliphatic heterocycles. The number of nitrogens with zero attached hydrogens (tertiary/aromatic N) is 1. The van der Waals surface area contributed by atoms with Gasteiger partial charge in [0.05, 0.1) is 12.8 Å². The summed E-state index contributed by atoms with van der Waals surface area (Å²) in [7, 11) is 0. The normalized spacial score (nSPS) is 9.69. The van der Waals surface area contributed by atoms with E-state index in [4.69, 9.17) is 5.11 Å². The lowest BCUT2D eigenvalue weighted by Gasteiger charge is -1.99. The topological polar surface area (TPSA) is 53.2 Å². The van der Waals surface area contributed by atoms with Crippen LogP contribution in [0.4, 0.5) is 4.79 Å². The van der Waals surface area contributed by atoms with Crippen LogP contribution >= 0.6 is 0 Å². The third kappa shape index (κ3) is 2.52. The van der Waals surface area contributed by atoms with Gasteiger partial charge >= 0.3 is 6.03 Å². The van der Waals surface area contributed by atoms with Crippen molar-refractivity contribution in [1.82, 2.24) is 5.32 Å². The second kappa shape index (κ2) is 4.57. The van der Waals surface area contributed by atoms with E-state index in [1.165, 1.54) is 4.57 Å². The molecule has 1 heterocycles. The van der Waals surface area contributed by atoms with Crippen molar-refractivity contribution >= 4 is 6.03 Å². The molecule has 0 fully saturated rings. The van der Waals surface area contributed by atoms with Crippen molar-refractivity contribution in [1.29, 1.82) is 0 Å². The molecule has 1 amide bonds. The third-order valence-electron chi connectivity index (χ3n) is 1.67. The number of pyridine rings is 1. The lowest BCUT2D eigenvalue weighted by atomic mass is 10.4. The van der Waals surface area contributed by atoms with Crippen LogP contribution in [0.15, 0.2) is 24.4 Å². The summed E-state index contributed by atoms with van der Waals surface area (Å²) >= 11 is 0. The van der Waals surface area contributed by atoms with Crippen molar-refractivity contribution in [2.45, 2.75) is 6.92 Å². The average molecular weight is 181 g/mol. The second-order valence-corrected chi connectivity index (χ2v) is 2.67. The highest BCUT2D eigenvalue weighted by atomic mass is 16.3. The quantitative estimate of drug-likeness (QED) is 0.622. The molecule has 4 nitrogen and oxygen atoms in total. The minimum absolute atomic E-state index is 0.0435. The van der Waals surface area contributed by atoms with Gasteiger partial charge in [-0.05, 0) is 19.1 Å². The van der Waals surface area contributed by atoms with Crippen molar-refractivity contribution < 1.29 is 14.5 Å². The number of nitrogens with one attached hydrogen (secondary N) is 1. The molecule has 0 radical (unpaired) electrons. The molecule has 0 atom stereocenters. The standard InChI is InChI=1S/C9H12N2O2/c1-8-4-2-3-6-11(8)9(13)10-5-7-12/h2-4,6,12H,5,7H2,1H3/p+1. The fourth-order valence-electron chi connectivity index (χ4n) is 1.00. The molecule has 70 valence electrons. The van der Waals surface area contributed by atoms with Gasteiger partial charge in [-0.25, -0.2) is 5.32 Å². The Morgan fingerprint density at radius 2 is 2.38 bits per heavy atom. The number of hydrogen-bond acceptors (Lipinski definition) is 2. The highest BCUT2D eigenvalue weighted by Crippen LogP contribution is 1.86. The van der Waals surface area contributed by atoms with E-state index in [0.717, 1.165) is 5.69 Å². The second-order valence-electron chi connectivity index (χ2n) is 2.67. The summed E-state index contributed by atoms with van der Waals surface area (Å²) in [5.74, 6) is 0. The van der Waals surface area contributed by atoms with E-state index in [0.29, 0.717) is 0 Å². The Labute approximate surface area is 76.8 Å².